The third-order valence-electron chi connectivity index (χ3n) is 12.4. The fourth-order valence-electron chi connectivity index (χ4n) is 8.61. The number of hydrogen-bond acceptors (Lipinski definition) is 14. The van der Waals surface area contributed by atoms with Crippen molar-refractivity contribution in [2.45, 2.75) is 90.6 Å². The molecule has 17 nitrogen and oxygen atoms in total. The number of aliphatic hydroxyl groups is 1. The molecular formula is C50H62ClN10O7PS. The van der Waals surface area contributed by atoms with Crippen LogP contribution in [-0.2, 0) is 30.3 Å². The van der Waals surface area contributed by atoms with Crippen LogP contribution in [0.15, 0.2) is 78.4 Å². The summed E-state index contributed by atoms with van der Waals surface area (Å²) in [7, 11) is -1.01. The number of likely N-dealkylation sites (tertiary alicyclic amines) is 1. The summed E-state index contributed by atoms with van der Waals surface area (Å²) in [6.45, 7) is 12.4. The van der Waals surface area contributed by atoms with Gasteiger partial charge in [-0.25, -0.2) is 9.97 Å². The first-order chi connectivity index (χ1) is 33.3. The van der Waals surface area contributed by atoms with Crippen molar-refractivity contribution in [3.63, 3.8) is 0 Å². The predicted molar refractivity (Wildman–Crippen MR) is 276 cm³/mol. The Balaban J connectivity index is 0.873. The zero-order valence-electron chi connectivity index (χ0n) is 40.5. The molecule has 3 aromatic carbocycles. The van der Waals surface area contributed by atoms with Gasteiger partial charge in [-0.1, -0.05) is 68.8 Å². The zero-order valence-corrected chi connectivity index (χ0v) is 43.0. The Bertz CT molecular complexity index is 2740. The number of benzene rings is 3. The van der Waals surface area contributed by atoms with E-state index in [0.29, 0.717) is 59.2 Å². The number of aliphatic hydroxyl groups excluding tert-OH is 1. The van der Waals surface area contributed by atoms with Crippen LogP contribution in [0.4, 0.5) is 28.8 Å². The molecule has 2 aliphatic rings. The maximum absolute atomic E-state index is 14.1. The molecule has 6 N–H and O–H groups in total. The number of methoxy groups -OCH3 is 1. The van der Waals surface area contributed by atoms with E-state index in [-0.39, 0.29) is 56.2 Å². The van der Waals surface area contributed by atoms with Gasteiger partial charge in [-0.3, -0.25) is 19.2 Å². The largest absolute Gasteiger partial charge is 0.494 e. The number of thiazole rings is 1. The number of piperidine rings is 1. The lowest BCUT2D eigenvalue weighted by Gasteiger charge is -2.35. The van der Waals surface area contributed by atoms with Crippen LogP contribution >= 0.6 is 30.1 Å². The molecule has 0 aliphatic carbocycles. The summed E-state index contributed by atoms with van der Waals surface area (Å²) >= 11 is 8.04. The van der Waals surface area contributed by atoms with Crippen LogP contribution < -0.4 is 41.5 Å². The van der Waals surface area contributed by atoms with E-state index >= 15 is 0 Å². The minimum Gasteiger partial charge on any atom is -0.494 e. The molecule has 3 atom stereocenters. The summed E-state index contributed by atoms with van der Waals surface area (Å²) in [5.74, 6) is -0.390. The first kappa shape index (κ1) is 51.8. The summed E-state index contributed by atoms with van der Waals surface area (Å²) in [6, 6.07) is 18.9. The number of nitrogens with one attached hydrogen (secondary N) is 5. The number of halogens is 1. The van der Waals surface area contributed by atoms with Gasteiger partial charge in [-0.15, -0.1) is 11.3 Å². The average molecular weight is 1010 g/mol. The van der Waals surface area contributed by atoms with Gasteiger partial charge in [0.1, 0.15) is 30.0 Å². The molecule has 2 aliphatic heterocycles. The maximum Gasteiger partial charge on any atom is 0.246 e. The topological polar surface area (TPSA) is 220 Å². The fraction of sp³-hybridized carbons (Fsp3) is 0.420. The standard InChI is InChI=1S/C50H62ClN10O7PS/c1-30-44(70-29-54-30)32-14-12-31(13-15-32)26-52-47(65)39-25-35(62)28-61(39)48(66)45(50(2,3)4)58-43(64)19-18-42(63)55-33-20-22-60(23-21-33)34-16-17-37(40(24-34)68-5)57-49-53-27-36(51)46(59-49)56-38-10-8-9-11-41(38)69(6,7)67/h8-17,24,27,29,33,35,39,45,62H,18-23,25-26,28H2,1-7H3,(H,52,65)(H,55,63)(H,58,64)(H2,53,56,57,59)/t35-,39+,45-/m1/s1. The Morgan fingerprint density at radius 1 is 0.957 bits per heavy atom. The Labute approximate surface area is 417 Å². The Hall–Kier alpha value is -6.07. The smallest absolute Gasteiger partial charge is 0.246 e. The number of nitrogens with zero attached hydrogens (tertiary/aromatic N) is 5. The van der Waals surface area contributed by atoms with E-state index in [4.69, 9.17) is 16.3 Å². The number of hydrogen-bond donors (Lipinski definition) is 6. The first-order valence-electron chi connectivity index (χ1n) is 23.3. The van der Waals surface area contributed by atoms with Gasteiger partial charge in [-0.05, 0) is 73.9 Å². The highest BCUT2D eigenvalue weighted by atomic mass is 35.5. The van der Waals surface area contributed by atoms with E-state index in [1.54, 1.807) is 37.3 Å². The first-order valence-corrected chi connectivity index (χ1v) is 27.1. The average Bonchev–Trinajstić information content (AvgIpc) is 3.95. The number of rotatable bonds is 17. The third-order valence-corrected chi connectivity index (χ3v) is 15.2. The lowest BCUT2D eigenvalue weighted by atomic mass is 9.85. The van der Waals surface area contributed by atoms with Gasteiger partial charge in [0.15, 0.2) is 5.82 Å². The number of β-amino-alcohol motifs (C(OH)–C–C–N with tert-alkyl or cyclic N) is 1. The second-order valence-corrected chi connectivity index (χ2v) is 23.6. The second-order valence-electron chi connectivity index (χ2n) is 19.2. The summed E-state index contributed by atoms with van der Waals surface area (Å²) < 4.78 is 18.7. The molecule has 2 saturated heterocycles. The van der Waals surface area contributed by atoms with Gasteiger partial charge in [0, 0.05) is 68.5 Å². The van der Waals surface area contributed by atoms with Crippen LogP contribution in [0, 0.1) is 12.3 Å². The number of aryl methyl sites for hydroxylation is 1. The molecule has 0 saturated carbocycles. The second kappa shape index (κ2) is 22.3. The Morgan fingerprint density at radius 3 is 2.34 bits per heavy atom. The SMILES string of the molecule is COc1cc(N2CCC(NC(=O)CCC(=O)N[C@H](C(=O)N3C[C@H](O)C[C@H]3C(=O)NCc3ccc(-c4scnc4C)cc3)C(C)(C)C)CC2)ccc1Nc1ncc(Cl)c(Nc2ccccc2P(C)(C)=O)n1. The summed E-state index contributed by atoms with van der Waals surface area (Å²) in [5, 5.41) is 26.9. The molecule has 2 aromatic heterocycles. The molecular weight excluding hydrogens is 951 g/mol. The number of aromatic nitrogens is 3. The third kappa shape index (κ3) is 13.0. The molecule has 0 unspecified atom stereocenters. The van der Waals surface area contributed by atoms with Gasteiger partial charge in [0.05, 0.1) is 46.9 Å². The summed E-state index contributed by atoms with van der Waals surface area (Å²) in [4.78, 5) is 72.0. The van der Waals surface area contributed by atoms with Gasteiger partial charge in [-0.2, -0.15) is 4.98 Å². The molecule has 2 fully saturated rings. The summed E-state index contributed by atoms with van der Waals surface area (Å²) in [6.07, 6.45) is 1.82. The molecule has 20 heteroatoms. The molecule has 5 aromatic rings. The van der Waals surface area contributed by atoms with E-state index < -0.39 is 42.6 Å². The highest BCUT2D eigenvalue weighted by Crippen LogP contribution is 2.39. The van der Waals surface area contributed by atoms with E-state index in [2.05, 4.69) is 46.4 Å². The molecule has 4 heterocycles. The quantitative estimate of drug-likeness (QED) is 0.0519. The monoisotopic (exact) mass is 1010 g/mol. The lowest BCUT2D eigenvalue weighted by Crippen LogP contribution is -2.57. The van der Waals surface area contributed by atoms with Crippen LogP contribution in [0.5, 0.6) is 5.75 Å². The normalized spacial score (nSPS) is 16.9. The van der Waals surface area contributed by atoms with Crippen LogP contribution in [0.3, 0.4) is 0 Å². The van der Waals surface area contributed by atoms with E-state index in [0.717, 1.165) is 27.4 Å². The van der Waals surface area contributed by atoms with E-state index in [1.165, 1.54) is 11.1 Å². The molecule has 0 bridgehead atoms. The molecule has 372 valence electrons. The molecule has 7 rings (SSSR count). The fourth-order valence-corrected chi connectivity index (χ4v) is 10.7. The van der Waals surface area contributed by atoms with Crippen molar-refractivity contribution in [1.29, 1.82) is 0 Å². The van der Waals surface area contributed by atoms with Gasteiger partial charge in [0.25, 0.3) is 0 Å². The van der Waals surface area contributed by atoms with Gasteiger partial charge >= 0.3 is 0 Å². The Morgan fingerprint density at radius 2 is 1.67 bits per heavy atom. The predicted octanol–water partition coefficient (Wildman–Crippen LogP) is 6.98. The number of carbonyl (C=O) groups excluding carboxylic acids is 4. The molecule has 4 amide bonds. The number of carbonyl (C=O) groups is 4. The van der Waals surface area contributed by atoms with Gasteiger partial charge in [0.2, 0.25) is 29.6 Å². The number of para-hydroxylation sites is 1. The number of amides is 4. The minimum atomic E-state index is -2.59. The number of anilines is 5. The number of ether oxygens (including phenoxy) is 1. The zero-order chi connectivity index (χ0) is 50.3. The van der Waals surface area contributed by atoms with E-state index in [1.807, 2.05) is 94.4 Å². The summed E-state index contributed by atoms with van der Waals surface area (Å²) in [5.41, 5.74) is 6.16. The van der Waals surface area contributed by atoms with Crippen molar-refractivity contribution < 1.29 is 33.6 Å². The highest BCUT2D eigenvalue weighted by Gasteiger charge is 2.44. The highest BCUT2D eigenvalue weighted by molar-refractivity contribution is 7.70. The van der Waals surface area contributed by atoms with Crippen molar-refractivity contribution in [3.8, 4) is 16.2 Å². The van der Waals surface area contributed by atoms with Crippen molar-refractivity contribution in [2.24, 2.45) is 5.41 Å². The van der Waals surface area contributed by atoms with Crippen LogP contribution in [0.1, 0.15) is 64.1 Å². The van der Waals surface area contributed by atoms with Gasteiger partial charge < -0.3 is 50.8 Å². The van der Waals surface area contributed by atoms with Crippen molar-refractivity contribution in [1.82, 2.24) is 35.8 Å². The molecule has 0 spiro atoms. The van der Waals surface area contributed by atoms with Crippen LogP contribution in [0.25, 0.3) is 10.4 Å². The van der Waals surface area contributed by atoms with Crippen molar-refractivity contribution >= 4 is 87.8 Å². The lowest BCUT2D eigenvalue weighted by molar-refractivity contribution is -0.144. The molecule has 70 heavy (non-hydrogen) atoms. The van der Waals surface area contributed by atoms with Crippen LogP contribution in [0.2, 0.25) is 5.02 Å². The van der Waals surface area contributed by atoms with Crippen molar-refractivity contribution in [2.75, 3.05) is 55.6 Å². The van der Waals surface area contributed by atoms with Crippen molar-refractivity contribution in [3.05, 3.63) is 94.7 Å². The van der Waals surface area contributed by atoms with E-state index in [9.17, 15) is 28.8 Å². The molecule has 0 radical (unpaired) electrons. The minimum absolute atomic E-state index is 0.0411. The maximum atomic E-state index is 14.1. The van der Waals surface area contributed by atoms with Crippen LogP contribution in [-0.4, -0.2) is 113 Å². The Kier molecular flexibility index (Phi) is 16.5.